The molecule has 1 fully saturated rings. The molecule has 0 spiro atoms. The van der Waals surface area contributed by atoms with Gasteiger partial charge in [0.25, 0.3) is 0 Å². The fourth-order valence-corrected chi connectivity index (χ4v) is 2.73. The number of carbonyl (C=O) groups is 3. The van der Waals surface area contributed by atoms with E-state index in [-0.39, 0.29) is 5.91 Å². The predicted octanol–water partition coefficient (Wildman–Crippen LogP) is 2.87. The van der Waals surface area contributed by atoms with Crippen molar-refractivity contribution in [2.75, 3.05) is 16.0 Å². The van der Waals surface area contributed by atoms with E-state index < -0.39 is 17.2 Å². The molecule has 0 radical (unpaired) electrons. The predicted molar refractivity (Wildman–Crippen MR) is 101 cm³/mol. The van der Waals surface area contributed by atoms with E-state index in [1.165, 1.54) is 6.92 Å². The smallest absolute Gasteiger partial charge is 0.240 e. The highest BCUT2D eigenvalue weighted by atomic mass is 16.2. The summed E-state index contributed by atoms with van der Waals surface area (Å²) in [4.78, 5) is 36.5. The largest absolute Gasteiger partial charge is 0.326 e. The maximum Gasteiger partial charge on any atom is 0.240 e. The van der Waals surface area contributed by atoms with Gasteiger partial charge in [0.1, 0.15) is 5.41 Å². The van der Waals surface area contributed by atoms with E-state index in [9.17, 15) is 14.4 Å². The number of nitriles is 1. The summed E-state index contributed by atoms with van der Waals surface area (Å²) in [5, 5.41) is 17.0. The molecule has 0 heterocycles. The molecule has 2 aromatic rings. The topological polar surface area (TPSA) is 111 Å². The maximum absolute atomic E-state index is 12.7. The molecule has 1 saturated carbocycles. The highest BCUT2D eigenvalue weighted by Gasteiger charge is 2.56. The van der Waals surface area contributed by atoms with Gasteiger partial charge in [-0.2, -0.15) is 5.26 Å². The van der Waals surface area contributed by atoms with Gasteiger partial charge in [0.05, 0.1) is 11.6 Å². The normalized spacial score (nSPS) is 13.8. The molecular formula is C20H18N4O3. The number of rotatable bonds is 5. The summed E-state index contributed by atoms with van der Waals surface area (Å²) >= 11 is 0. The first kappa shape index (κ1) is 18.1. The van der Waals surface area contributed by atoms with Crippen molar-refractivity contribution in [3.63, 3.8) is 0 Å². The molecule has 136 valence electrons. The highest BCUT2D eigenvalue weighted by Crippen LogP contribution is 2.47. The molecule has 0 aliphatic heterocycles. The molecule has 1 aliphatic carbocycles. The quantitative estimate of drug-likeness (QED) is 0.710. The van der Waals surface area contributed by atoms with Gasteiger partial charge in [0, 0.05) is 24.0 Å². The average Bonchev–Trinajstić information content (AvgIpc) is 3.43. The molecule has 27 heavy (non-hydrogen) atoms. The minimum atomic E-state index is -1.12. The number of amides is 3. The second-order valence-corrected chi connectivity index (χ2v) is 6.44. The Kier molecular flexibility index (Phi) is 4.90. The van der Waals surface area contributed by atoms with E-state index in [0.717, 1.165) is 0 Å². The molecule has 1 aliphatic rings. The van der Waals surface area contributed by atoms with E-state index in [4.69, 9.17) is 5.26 Å². The van der Waals surface area contributed by atoms with Crippen LogP contribution in [0.15, 0.2) is 48.5 Å². The number of carbonyl (C=O) groups excluding carboxylic acids is 3. The Labute approximate surface area is 156 Å². The van der Waals surface area contributed by atoms with Gasteiger partial charge in [-0.1, -0.05) is 12.1 Å². The number of anilines is 3. The Morgan fingerprint density at radius 2 is 1.41 bits per heavy atom. The number of hydrogen-bond donors (Lipinski definition) is 3. The molecule has 3 amide bonds. The van der Waals surface area contributed by atoms with Gasteiger partial charge in [-0.05, 0) is 49.2 Å². The summed E-state index contributed by atoms with van der Waals surface area (Å²) in [6.07, 6.45) is 0.905. The van der Waals surface area contributed by atoms with Crippen LogP contribution in [0.3, 0.4) is 0 Å². The van der Waals surface area contributed by atoms with E-state index >= 15 is 0 Å². The Balaban J connectivity index is 1.69. The minimum absolute atomic E-state index is 0.212. The molecule has 3 rings (SSSR count). The Morgan fingerprint density at radius 1 is 0.889 bits per heavy atom. The summed E-state index contributed by atoms with van der Waals surface area (Å²) < 4.78 is 0. The van der Waals surface area contributed by atoms with Crippen LogP contribution < -0.4 is 16.0 Å². The second-order valence-electron chi connectivity index (χ2n) is 6.44. The summed E-state index contributed by atoms with van der Waals surface area (Å²) in [6.45, 7) is 1.40. The van der Waals surface area contributed by atoms with Gasteiger partial charge in [0.2, 0.25) is 17.7 Å². The lowest BCUT2D eigenvalue weighted by Crippen LogP contribution is -2.35. The second kappa shape index (κ2) is 7.30. The lowest BCUT2D eigenvalue weighted by Gasteiger charge is -2.16. The lowest BCUT2D eigenvalue weighted by molar-refractivity contribution is -0.131. The van der Waals surface area contributed by atoms with Crippen LogP contribution in [0.5, 0.6) is 0 Å². The van der Waals surface area contributed by atoms with Crippen molar-refractivity contribution < 1.29 is 14.4 Å². The fraction of sp³-hybridized carbons (Fsp3) is 0.200. The molecule has 0 unspecified atom stereocenters. The Morgan fingerprint density at radius 3 is 1.93 bits per heavy atom. The average molecular weight is 362 g/mol. The van der Waals surface area contributed by atoms with Crippen molar-refractivity contribution in [1.29, 1.82) is 5.26 Å². The van der Waals surface area contributed by atoms with Crippen molar-refractivity contribution in [1.82, 2.24) is 0 Å². The summed E-state index contributed by atoms with van der Waals surface area (Å²) in [6, 6.07) is 15.3. The molecule has 7 nitrogen and oxygen atoms in total. The van der Waals surface area contributed by atoms with Crippen molar-refractivity contribution in [2.45, 2.75) is 19.8 Å². The first-order chi connectivity index (χ1) is 12.9. The Hall–Kier alpha value is -3.66. The van der Waals surface area contributed by atoms with Gasteiger partial charge in [-0.3, -0.25) is 14.4 Å². The van der Waals surface area contributed by atoms with Crippen LogP contribution >= 0.6 is 0 Å². The summed E-state index contributed by atoms with van der Waals surface area (Å²) in [5.74, 6) is -0.999. The SMILES string of the molecule is CC(=O)Nc1cccc(NC(=O)C2(C(=O)Nc3cccc(C#N)c3)CC2)c1. The summed E-state index contributed by atoms with van der Waals surface area (Å²) in [7, 11) is 0. The van der Waals surface area contributed by atoms with Gasteiger partial charge < -0.3 is 16.0 Å². The first-order valence-corrected chi connectivity index (χ1v) is 8.44. The third kappa shape index (κ3) is 4.12. The van der Waals surface area contributed by atoms with Crippen LogP contribution in [0.1, 0.15) is 25.3 Å². The molecule has 2 aromatic carbocycles. The first-order valence-electron chi connectivity index (χ1n) is 8.44. The molecule has 0 saturated heterocycles. The monoisotopic (exact) mass is 362 g/mol. The fourth-order valence-electron chi connectivity index (χ4n) is 2.73. The van der Waals surface area contributed by atoms with Gasteiger partial charge in [0.15, 0.2) is 0 Å². The van der Waals surface area contributed by atoms with Crippen molar-refractivity contribution in [3.05, 3.63) is 54.1 Å². The molecule has 7 heteroatoms. The lowest BCUT2D eigenvalue weighted by atomic mass is 10.0. The third-order valence-corrected chi connectivity index (χ3v) is 4.31. The van der Waals surface area contributed by atoms with Crippen LogP contribution in [0, 0.1) is 16.7 Å². The van der Waals surface area contributed by atoms with E-state index in [1.54, 1.807) is 48.5 Å². The molecular weight excluding hydrogens is 344 g/mol. The van der Waals surface area contributed by atoms with E-state index in [0.29, 0.717) is 35.5 Å². The van der Waals surface area contributed by atoms with Gasteiger partial charge in [-0.15, -0.1) is 0 Å². The number of hydrogen-bond acceptors (Lipinski definition) is 4. The zero-order valence-corrected chi connectivity index (χ0v) is 14.7. The zero-order chi connectivity index (χ0) is 19.4. The Bertz CT molecular complexity index is 958. The minimum Gasteiger partial charge on any atom is -0.326 e. The van der Waals surface area contributed by atoms with Crippen molar-refractivity contribution >= 4 is 34.8 Å². The maximum atomic E-state index is 12.7. The van der Waals surface area contributed by atoms with Crippen LogP contribution in [0.25, 0.3) is 0 Å². The molecule has 3 N–H and O–H groups in total. The van der Waals surface area contributed by atoms with Gasteiger partial charge >= 0.3 is 0 Å². The van der Waals surface area contributed by atoms with Crippen LogP contribution in [-0.2, 0) is 14.4 Å². The molecule has 0 aromatic heterocycles. The highest BCUT2D eigenvalue weighted by molar-refractivity contribution is 6.17. The zero-order valence-electron chi connectivity index (χ0n) is 14.7. The standard InChI is InChI=1S/C20H18N4O3/c1-13(25)22-16-6-3-7-17(11-16)24-19(27)20(8-9-20)18(26)23-15-5-2-4-14(10-15)12-21/h2-7,10-11H,8-9H2,1H3,(H,22,25)(H,23,26)(H,24,27). The molecule has 0 atom stereocenters. The van der Waals surface area contributed by atoms with Crippen molar-refractivity contribution in [3.8, 4) is 6.07 Å². The number of nitrogens with zero attached hydrogens (tertiary/aromatic N) is 1. The molecule has 0 bridgehead atoms. The summed E-state index contributed by atoms with van der Waals surface area (Å²) in [5.41, 5.74) is 0.842. The van der Waals surface area contributed by atoms with Crippen molar-refractivity contribution in [2.24, 2.45) is 5.41 Å². The van der Waals surface area contributed by atoms with Crippen LogP contribution in [0.4, 0.5) is 17.1 Å². The van der Waals surface area contributed by atoms with Crippen LogP contribution in [-0.4, -0.2) is 17.7 Å². The van der Waals surface area contributed by atoms with E-state index in [1.807, 2.05) is 6.07 Å². The number of nitrogens with one attached hydrogen (secondary N) is 3. The van der Waals surface area contributed by atoms with E-state index in [2.05, 4.69) is 16.0 Å². The van der Waals surface area contributed by atoms with Gasteiger partial charge in [-0.25, -0.2) is 0 Å². The van der Waals surface area contributed by atoms with Crippen LogP contribution in [0.2, 0.25) is 0 Å². The number of benzene rings is 2. The third-order valence-electron chi connectivity index (χ3n) is 4.31.